The van der Waals surface area contributed by atoms with E-state index in [1.807, 2.05) is 72.3 Å². The Bertz CT molecular complexity index is 1880. The minimum atomic E-state index is -1.21. The summed E-state index contributed by atoms with van der Waals surface area (Å²) in [6.45, 7) is 1.94. The zero-order valence-electron chi connectivity index (χ0n) is 24.0. The topological polar surface area (TPSA) is 102 Å². The Morgan fingerprint density at radius 1 is 0.886 bits per heavy atom. The van der Waals surface area contributed by atoms with Crippen LogP contribution in [-0.2, 0) is 5.54 Å². The van der Waals surface area contributed by atoms with Gasteiger partial charge in [-0.05, 0) is 35.2 Å². The molecule has 2 N–H and O–H groups in total. The number of hydrogen-bond donors (Lipinski definition) is 2. The fraction of sp³-hybridized carbons (Fsp3) is 0.143. The van der Waals surface area contributed by atoms with E-state index in [4.69, 9.17) is 21.6 Å². The van der Waals surface area contributed by atoms with E-state index in [-0.39, 0.29) is 16.2 Å². The van der Waals surface area contributed by atoms with Crippen molar-refractivity contribution in [3.05, 3.63) is 160 Å². The van der Waals surface area contributed by atoms with Crippen LogP contribution in [0.4, 0.5) is 4.79 Å². The van der Waals surface area contributed by atoms with Crippen LogP contribution >= 0.6 is 11.6 Å². The number of fused-ring (bicyclic) bond motifs is 1. The highest BCUT2D eigenvalue weighted by atomic mass is 35.5. The van der Waals surface area contributed by atoms with E-state index in [1.165, 1.54) is 4.57 Å². The molecule has 2 aromatic heterocycles. The van der Waals surface area contributed by atoms with E-state index in [9.17, 15) is 14.7 Å². The molecule has 220 valence electrons. The highest BCUT2D eigenvalue weighted by Crippen LogP contribution is 2.41. The molecular weight excluding hydrogens is 574 g/mol. The minimum absolute atomic E-state index is 0.235. The summed E-state index contributed by atoms with van der Waals surface area (Å²) < 4.78 is 3.38. The second kappa shape index (κ2) is 12.2. The largest absolute Gasteiger partial charge is 0.465 e. The van der Waals surface area contributed by atoms with Gasteiger partial charge in [-0.15, -0.1) is 0 Å². The van der Waals surface area contributed by atoms with Crippen molar-refractivity contribution in [3.63, 3.8) is 0 Å². The van der Waals surface area contributed by atoms with Crippen LogP contribution < -0.4 is 10.9 Å². The molecule has 6 aromatic rings. The molecule has 1 unspecified atom stereocenters. The molecule has 44 heavy (non-hydrogen) atoms. The summed E-state index contributed by atoms with van der Waals surface area (Å²) in [6, 6.07) is 34.6. The molecule has 4 aromatic carbocycles. The maximum absolute atomic E-state index is 14.2. The lowest BCUT2D eigenvalue weighted by Crippen LogP contribution is -2.37. The fourth-order valence-corrected chi connectivity index (χ4v) is 6.21. The number of halogens is 1. The highest BCUT2D eigenvalue weighted by Gasteiger charge is 2.39. The summed E-state index contributed by atoms with van der Waals surface area (Å²) >= 11 is 6.53. The molecule has 0 spiro atoms. The molecular formula is C35H30ClN5O3. The third-order valence-electron chi connectivity index (χ3n) is 7.82. The van der Waals surface area contributed by atoms with E-state index in [1.54, 1.807) is 24.5 Å². The maximum atomic E-state index is 14.2. The second-order valence-corrected chi connectivity index (χ2v) is 10.9. The van der Waals surface area contributed by atoms with Gasteiger partial charge in [-0.1, -0.05) is 122 Å². The number of carboxylic acid groups (broad SMARTS) is 1. The van der Waals surface area contributed by atoms with Gasteiger partial charge in [0.05, 0.1) is 34.5 Å². The normalized spacial score (nSPS) is 12.2. The number of aromatic nitrogens is 4. The Labute approximate surface area is 259 Å². The Balaban J connectivity index is 1.67. The first-order chi connectivity index (χ1) is 21.4. The van der Waals surface area contributed by atoms with Crippen molar-refractivity contribution < 1.29 is 9.90 Å². The lowest BCUT2D eigenvalue weighted by Gasteiger charge is -2.37. The van der Waals surface area contributed by atoms with Crippen molar-refractivity contribution in [2.24, 2.45) is 0 Å². The smallest absolute Gasteiger partial charge is 0.405 e. The van der Waals surface area contributed by atoms with Crippen LogP contribution in [-0.4, -0.2) is 30.3 Å². The number of hydrogen-bond acceptors (Lipinski definition) is 4. The third-order valence-corrected chi connectivity index (χ3v) is 8.13. The van der Waals surface area contributed by atoms with Gasteiger partial charge < -0.3 is 15.0 Å². The van der Waals surface area contributed by atoms with Crippen LogP contribution in [0.25, 0.3) is 16.7 Å². The first kappa shape index (κ1) is 28.9. The van der Waals surface area contributed by atoms with Gasteiger partial charge in [0.25, 0.3) is 5.56 Å². The first-order valence-electron chi connectivity index (χ1n) is 14.4. The number of nitrogens with one attached hydrogen (secondary N) is 1. The molecule has 8 nitrogen and oxygen atoms in total. The zero-order chi connectivity index (χ0) is 30.7. The Kier molecular flexibility index (Phi) is 8.00. The van der Waals surface area contributed by atoms with Crippen molar-refractivity contribution in [3.8, 4) is 5.82 Å². The van der Waals surface area contributed by atoms with Crippen molar-refractivity contribution in [2.45, 2.75) is 31.3 Å². The number of nitrogens with zero attached hydrogens (tertiary/aromatic N) is 4. The van der Waals surface area contributed by atoms with Crippen LogP contribution in [0.1, 0.15) is 48.3 Å². The number of benzene rings is 4. The predicted molar refractivity (Wildman–Crippen MR) is 172 cm³/mol. The summed E-state index contributed by atoms with van der Waals surface area (Å²) in [5.41, 5.74) is 2.07. The van der Waals surface area contributed by atoms with E-state index < -0.39 is 23.2 Å². The molecule has 0 radical (unpaired) electrons. The summed E-state index contributed by atoms with van der Waals surface area (Å²) in [4.78, 5) is 35.7. The maximum Gasteiger partial charge on any atom is 0.405 e. The molecule has 6 rings (SSSR count). The van der Waals surface area contributed by atoms with Gasteiger partial charge in [0, 0.05) is 0 Å². The zero-order valence-corrected chi connectivity index (χ0v) is 24.7. The van der Waals surface area contributed by atoms with Gasteiger partial charge in [0.1, 0.15) is 11.4 Å². The van der Waals surface area contributed by atoms with Gasteiger partial charge in [0.15, 0.2) is 5.82 Å². The molecule has 0 bridgehead atoms. The van der Waals surface area contributed by atoms with Gasteiger partial charge in [-0.3, -0.25) is 4.79 Å². The van der Waals surface area contributed by atoms with Crippen molar-refractivity contribution >= 4 is 28.6 Å². The Hall–Kier alpha value is -5.21. The summed E-state index contributed by atoms with van der Waals surface area (Å²) in [5, 5.41) is 12.7. The van der Waals surface area contributed by atoms with Crippen molar-refractivity contribution in [2.75, 3.05) is 0 Å². The average Bonchev–Trinajstić information content (AvgIpc) is 3.52. The first-order valence-corrected chi connectivity index (χ1v) is 14.7. The van der Waals surface area contributed by atoms with E-state index in [2.05, 4.69) is 41.7 Å². The summed E-state index contributed by atoms with van der Waals surface area (Å²) in [6.07, 6.45) is 3.38. The molecule has 0 aliphatic rings. The second-order valence-electron chi connectivity index (χ2n) is 10.5. The number of carbonyl (C=O) groups is 1. The summed E-state index contributed by atoms with van der Waals surface area (Å²) in [7, 11) is 0. The molecule has 1 amide bonds. The average molecular weight is 604 g/mol. The standard InChI is InChI=1S/C35H30ClN5O3/c1-2-13-29(39-34(43)44)32-38-28-21-12-20-27(36)31(28)33(42)41(32)30-22-40(23-37-30)35(24-14-6-3-7-15-24,25-16-8-4-9-17-25)26-18-10-5-11-19-26/h3-12,14-23,29,39H,2,13H2,1H3,(H,43,44). The van der Waals surface area contributed by atoms with Crippen molar-refractivity contribution in [1.29, 1.82) is 0 Å². The number of imidazole rings is 1. The van der Waals surface area contributed by atoms with Gasteiger partial charge in [-0.2, -0.15) is 0 Å². The lowest BCUT2D eigenvalue weighted by atomic mass is 9.77. The SMILES string of the molecule is CCCC(NC(=O)O)c1nc2cccc(Cl)c2c(=O)n1-c1cn(C(c2ccccc2)(c2ccccc2)c2ccccc2)cn1. The van der Waals surface area contributed by atoms with Crippen LogP contribution in [0.3, 0.4) is 0 Å². The van der Waals surface area contributed by atoms with Crippen LogP contribution in [0.2, 0.25) is 5.02 Å². The quantitative estimate of drug-likeness (QED) is 0.170. The van der Waals surface area contributed by atoms with Gasteiger partial charge >= 0.3 is 6.09 Å². The number of amides is 1. The summed E-state index contributed by atoms with van der Waals surface area (Å²) in [5.74, 6) is 0.531. The molecule has 0 saturated heterocycles. The van der Waals surface area contributed by atoms with Crippen LogP contribution in [0.15, 0.2) is 127 Å². The minimum Gasteiger partial charge on any atom is -0.465 e. The Morgan fingerprint density at radius 3 is 1.98 bits per heavy atom. The van der Waals surface area contributed by atoms with E-state index >= 15 is 0 Å². The molecule has 9 heteroatoms. The third kappa shape index (κ3) is 5.03. The molecule has 2 heterocycles. The Morgan fingerprint density at radius 2 is 1.45 bits per heavy atom. The monoisotopic (exact) mass is 603 g/mol. The molecule has 0 aliphatic carbocycles. The van der Waals surface area contributed by atoms with Gasteiger partial charge in [0.2, 0.25) is 0 Å². The van der Waals surface area contributed by atoms with Crippen LogP contribution in [0.5, 0.6) is 0 Å². The predicted octanol–water partition coefficient (Wildman–Crippen LogP) is 7.18. The van der Waals surface area contributed by atoms with E-state index in [0.29, 0.717) is 24.2 Å². The molecule has 0 saturated carbocycles. The number of rotatable bonds is 9. The van der Waals surface area contributed by atoms with Crippen LogP contribution in [0, 0.1) is 0 Å². The molecule has 1 atom stereocenters. The highest BCUT2D eigenvalue weighted by molar-refractivity contribution is 6.35. The molecule has 0 fully saturated rings. The fourth-order valence-electron chi connectivity index (χ4n) is 5.96. The van der Waals surface area contributed by atoms with E-state index in [0.717, 1.165) is 16.7 Å². The lowest BCUT2D eigenvalue weighted by molar-refractivity contribution is 0.188. The molecule has 0 aliphatic heterocycles. The van der Waals surface area contributed by atoms with Crippen molar-refractivity contribution in [1.82, 2.24) is 24.4 Å². The van der Waals surface area contributed by atoms with Gasteiger partial charge in [-0.25, -0.2) is 19.3 Å².